The molecule has 1 aromatic rings. The standard InChI is InChI=1S/C14H21ClN4O2S/c1-9(11-2-3-12(15)22-11)17-14(21)18-10-4-6-19(7-5-10)8-13(16)20/h2-3,9-10H,4-8H2,1H3,(H2,16,20)(H2,17,18,21)/t9-/m0/s1. The summed E-state index contributed by atoms with van der Waals surface area (Å²) in [5.74, 6) is -0.312. The molecule has 1 aliphatic rings. The minimum Gasteiger partial charge on any atom is -0.369 e. The summed E-state index contributed by atoms with van der Waals surface area (Å²) in [6.45, 7) is 3.75. The summed E-state index contributed by atoms with van der Waals surface area (Å²) in [7, 11) is 0. The van der Waals surface area contributed by atoms with Crippen LogP contribution in [-0.4, -0.2) is 42.5 Å². The number of likely N-dealkylation sites (tertiary alicyclic amines) is 1. The molecule has 1 aliphatic heterocycles. The molecule has 0 unspecified atom stereocenters. The average molecular weight is 345 g/mol. The minimum absolute atomic E-state index is 0.0764. The minimum atomic E-state index is -0.312. The first-order valence-corrected chi connectivity index (χ1v) is 8.46. The number of carbonyl (C=O) groups is 2. The van der Waals surface area contributed by atoms with Crippen molar-refractivity contribution >= 4 is 34.9 Å². The number of hydrogen-bond acceptors (Lipinski definition) is 4. The monoisotopic (exact) mass is 344 g/mol. The Morgan fingerprint density at radius 3 is 2.68 bits per heavy atom. The molecule has 2 heterocycles. The number of piperidine rings is 1. The Hall–Kier alpha value is -1.31. The first kappa shape index (κ1) is 17.1. The van der Waals surface area contributed by atoms with Crippen molar-refractivity contribution in [1.29, 1.82) is 0 Å². The summed E-state index contributed by atoms with van der Waals surface area (Å²) in [4.78, 5) is 25.9. The van der Waals surface area contributed by atoms with Gasteiger partial charge in [-0.3, -0.25) is 9.69 Å². The fourth-order valence-corrected chi connectivity index (χ4v) is 3.57. The number of amides is 3. The zero-order valence-electron chi connectivity index (χ0n) is 12.5. The second kappa shape index (κ2) is 7.80. The van der Waals surface area contributed by atoms with Gasteiger partial charge >= 0.3 is 6.03 Å². The Balaban J connectivity index is 1.73. The molecule has 6 nitrogen and oxygen atoms in total. The first-order valence-electron chi connectivity index (χ1n) is 7.27. The maximum atomic E-state index is 12.0. The van der Waals surface area contributed by atoms with Gasteiger partial charge in [-0.05, 0) is 31.9 Å². The number of rotatable bonds is 5. The summed E-state index contributed by atoms with van der Waals surface area (Å²) in [6, 6.07) is 3.62. The van der Waals surface area contributed by atoms with E-state index < -0.39 is 0 Å². The van der Waals surface area contributed by atoms with E-state index in [0.29, 0.717) is 4.34 Å². The van der Waals surface area contributed by atoms with Crippen molar-refractivity contribution in [3.63, 3.8) is 0 Å². The van der Waals surface area contributed by atoms with E-state index in [2.05, 4.69) is 10.6 Å². The maximum absolute atomic E-state index is 12.0. The number of nitrogens with two attached hydrogens (primary N) is 1. The molecule has 1 atom stereocenters. The number of urea groups is 1. The Kier molecular flexibility index (Phi) is 6.05. The fraction of sp³-hybridized carbons (Fsp3) is 0.571. The molecule has 0 radical (unpaired) electrons. The molecule has 1 fully saturated rings. The van der Waals surface area contributed by atoms with Gasteiger partial charge in [-0.25, -0.2) is 4.79 Å². The Labute approximate surface area is 139 Å². The highest BCUT2D eigenvalue weighted by atomic mass is 35.5. The molecular weight excluding hydrogens is 324 g/mol. The van der Waals surface area contributed by atoms with Crippen LogP contribution in [0, 0.1) is 0 Å². The predicted molar refractivity (Wildman–Crippen MR) is 88.1 cm³/mol. The fourth-order valence-electron chi connectivity index (χ4n) is 2.51. The van der Waals surface area contributed by atoms with Gasteiger partial charge in [-0.15, -0.1) is 11.3 Å². The molecule has 2 rings (SSSR count). The number of nitrogens with zero attached hydrogens (tertiary/aromatic N) is 1. The second-order valence-corrected chi connectivity index (χ2v) is 7.24. The molecule has 122 valence electrons. The summed E-state index contributed by atoms with van der Waals surface area (Å²) in [6.07, 6.45) is 1.64. The molecule has 0 spiro atoms. The van der Waals surface area contributed by atoms with Crippen molar-refractivity contribution in [2.45, 2.75) is 31.8 Å². The van der Waals surface area contributed by atoms with Crippen molar-refractivity contribution in [2.24, 2.45) is 5.73 Å². The SMILES string of the molecule is C[C@H](NC(=O)NC1CCN(CC(N)=O)CC1)c1ccc(Cl)s1. The lowest BCUT2D eigenvalue weighted by Crippen LogP contribution is -2.49. The number of hydrogen-bond donors (Lipinski definition) is 3. The van der Waals surface area contributed by atoms with Crippen LogP contribution in [0.3, 0.4) is 0 Å². The van der Waals surface area contributed by atoms with E-state index in [1.165, 1.54) is 11.3 Å². The molecule has 0 aliphatic carbocycles. The van der Waals surface area contributed by atoms with E-state index in [1.807, 2.05) is 24.0 Å². The van der Waals surface area contributed by atoms with Gasteiger partial charge < -0.3 is 16.4 Å². The Morgan fingerprint density at radius 2 is 2.14 bits per heavy atom. The molecule has 0 saturated carbocycles. The third-order valence-electron chi connectivity index (χ3n) is 3.67. The van der Waals surface area contributed by atoms with Gasteiger partial charge in [0.05, 0.1) is 16.9 Å². The maximum Gasteiger partial charge on any atom is 0.315 e. The molecule has 22 heavy (non-hydrogen) atoms. The van der Waals surface area contributed by atoms with Crippen LogP contribution in [0.15, 0.2) is 12.1 Å². The van der Waals surface area contributed by atoms with Gasteiger partial charge in [0, 0.05) is 24.0 Å². The molecule has 0 aromatic carbocycles. The van der Waals surface area contributed by atoms with Crippen molar-refractivity contribution in [1.82, 2.24) is 15.5 Å². The van der Waals surface area contributed by atoms with E-state index >= 15 is 0 Å². The molecule has 1 aromatic heterocycles. The Morgan fingerprint density at radius 1 is 1.45 bits per heavy atom. The van der Waals surface area contributed by atoms with E-state index in [9.17, 15) is 9.59 Å². The quantitative estimate of drug-likeness (QED) is 0.760. The number of halogens is 1. The van der Waals surface area contributed by atoms with Crippen LogP contribution in [0.4, 0.5) is 4.79 Å². The first-order chi connectivity index (χ1) is 10.4. The van der Waals surface area contributed by atoms with Crippen LogP contribution in [-0.2, 0) is 4.79 Å². The van der Waals surface area contributed by atoms with Crippen LogP contribution in [0.5, 0.6) is 0 Å². The van der Waals surface area contributed by atoms with Gasteiger partial charge in [0.1, 0.15) is 0 Å². The van der Waals surface area contributed by atoms with Crippen molar-refractivity contribution in [3.8, 4) is 0 Å². The van der Waals surface area contributed by atoms with Crippen molar-refractivity contribution < 1.29 is 9.59 Å². The highest BCUT2D eigenvalue weighted by Gasteiger charge is 2.22. The van der Waals surface area contributed by atoms with E-state index in [4.69, 9.17) is 17.3 Å². The lowest BCUT2D eigenvalue weighted by Gasteiger charge is -2.31. The van der Waals surface area contributed by atoms with Gasteiger partial charge in [-0.1, -0.05) is 11.6 Å². The van der Waals surface area contributed by atoms with Crippen molar-refractivity contribution in [3.05, 3.63) is 21.3 Å². The lowest BCUT2D eigenvalue weighted by molar-refractivity contribution is -0.119. The molecular formula is C14H21ClN4O2S. The van der Waals surface area contributed by atoms with Crippen LogP contribution < -0.4 is 16.4 Å². The molecule has 1 saturated heterocycles. The van der Waals surface area contributed by atoms with Crippen LogP contribution in [0.1, 0.15) is 30.7 Å². The highest BCUT2D eigenvalue weighted by Crippen LogP contribution is 2.26. The van der Waals surface area contributed by atoms with E-state index in [-0.39, 0.29) is 30.6 Å². The van der Waals surface area contributed by atoms with E-state index in [1.54, 1.807) is 0 Å². The zero-order chi connectivity index (χ0) is 16.1. The van der Waals surface area contributed by atoms with E-state index in [0.717, 1.165) is 30.8 Å². The zero-order valence-corrected chi connectivity index (χ0v) is 14.0. The smallest absolute Gasteiger partial charge is 0.315 e. The topological polar surface area (TPSA) is 87.5 Å². The Bertz CT molecular complexity index is 529. The summed E-state index contributed by atoms with van der Waals surface area (Å²) >= 11 is 7.36. The van der Waals surface area contributed by atoms with Crippen LogP contribution >= 0.6 is 22.9 Å². The molecule has 4 N–H and O–H groups in total. The summed E-state index contributed by atoms with van der Waals surface area (Å²) in [5.41, 5.74) is 5.18. The molecule has 0 bridgehead atoms. The number of primary amides is 1. The van der Waals surface area contributed by atoms with Crippen LogP contribution in [0.2, 0.25) is 4.34 Å². The third-order valence-corrected chi connectivity index (χ3v) is 5.08. The summed E-state index contributed by atoms with van der Waals surface area (Å²) in [5, 5.41) is 5.89. The second-order valence-electron chi connectivity index (χ2n) is 5.50. The lowest BCUT2D eigenvalue weighted by atomic mass is 10.1. The van der Waals surface area contributed by atoms with Gasteiger partial charge in [0.2, 0.25) is 5.91 Å². The average Bonchev–Trinajstić information content (AvgIpc) is 2.87. The highest BCUT2D eigenvalue weighted by molar-refractivity contribution is 7.16. The largest absolute Gasteiger partial charge is 0.369 e. The number of thiophene rings is 1. The van der Waals surface area contributed by atoms with Gasteiger partial charge in [0.15, 0.2) is 0 Å². The number of nitrogens with one attached hydrogen (secondary N) is 2. The molecule has 8 heteroatoms. The molecule has 3 amide bonds. The normalized spacial score (nSPS) is 17.9. The summed E-state index contributed by atoms with van der Waals surface area (Å²) < 4.78 is 0.714. The number of carbonyl (C=O) groups excluding carboxylic acids is 2. The van der Waals surface area contributed by atoms with Gasteiger partial charge in [0.25, 0.3) is 0 Å². The third kappa shape index (κ3) is 5.15. The van der Waals surface area contributed by atoms with Crippen molar-refractivity contribution in [2.75, 3.05) is 19.6 Å². The predicted octanol–water partition coefficient (Wildman–Crippen LogP) is 1.71. The van der Waals surface area contributed by atoms with Crippen LogP contribution in [0.25, 0.3) is 0 Å². The van der Waals surface area contributed by atoms with Gasteiger partial charge in [-0.2, -0.15) is 0 Å².